The van der Waals surface area contributed by atoms with Gasteiger partial charge in [0.25, 0.3) is 0 Å². The first-order chi connectivity index (χ1) is 9.20. The second-order valence-electron chi connectivity index (χ2n) is 3.96. The van der Waals surface area contributed by atoms with E-state index in [1.807, 2.05) is 19.1 Å². The van der Waals surface area contributed by atoms with Gasteiger partial charge >= 0.3 is 0 Å². The van der Waals surface area contributed by atoms with Gasteiger partial charge in [0.1, 0.15) is 11.5 Å². The number of aromatic hydroxyl groups is 2. The quantitative estimate of drug-likeness (QED) is 0.770. The van der Waals surface area contributed by atoms with E-state index in [1.165, 1.54) is 12.1 Å². The number of hydrogen-bond acceptors (Lipinski definition) is 5. The monoisotopic (exact) mass is 260 g/mol. The summed E-state index contributed by atoms with van der Waals surface area (Å²) in [5.41, 5.74) is 1.45. The maximum atomic E-state index is 9.70. The fourth-order valence-corrected chi connectivity index (χ4v) is 1.67. The van der Waals surface area contributed by atoms with Crippen molar-refractivity contribution in [1.82, 2.24) is 4.98 Å². The largest absolute Gasteiger partial charge is 0.508 e. The number of pyridine rings is 1. The zero-order valence-electron chi connectivity index (χ0n) is 10.6. The van der Waals surface area contributed by atoms with Crippen LogP contribution < -0.4 is 10.1 Å². The lowest BCUT2D eigenvalue weighted by atomic mass is 10.2. The molecule has 0 aliphatic heterocycles. The van der Waals surface area contributed by atoms with E-state index in [1.54, 1.807) is 12.3 Å². The first-order valence-electron chi connectivity index (χ1n) is 6.03. The van der Waals surface area contributed by atoms with Crippen LogP contribution >= 0.6 is 0 Å². The SMILES string of the molecule is CCOc1ncccc1NCc1ccc(O)cc1O. The van der Waals surface area contributed by atoms with E-state index in [2.05, 4.69) is 10.3 Å². The van der Waals surface area contributed by atoms with Gasteiger partial charge in [0.2, 0.25) is 5.88 Å². The van der Waals surface area contributed by atoms with Gasteiger partial charge < -0.3 is 20.3 Å². The summed E-state index contributed by atoms with van der Waals surface area (Å²) < 4.78 is 5.40. The van der Waals surface area contributed by atoms with Crippen molar-refractivity contribution in [2.45, 2.75) is 13.5 Å². The molecule has 1 aromatic carbocycles. The Hall–Kier alpha value is -2.43. The third-order valence-electron chi connectivity index (χ3n) is 2.59. The number of benzene rings is 1. The summed E-state index contributed by atoms with van der Waals surface area (Å²) in [5.74, 6) is 0.621. The van der Waals surface area contributed by atoms with Crippen LogP contribution in [0.15, 0.2) is 36.5 Å². The minimum absolute atomic E-state index is 0.0395. The summed E-state index contributed by atoms with van der Waals surface area (Å²) in [4.78, 5) is 4.13. The van der Waals surface area contributed by atoms with Crippen molar-refractivity contribution in [3.8, 4) is 17.4 Å². The molecule has 0 bridgehead atoms. The van der Waals surface area contributed by atoms with Gasteiger partial charge in [0.15, 0.2) is 0 Å². The zero-order chi connectivity index (χ0) is 13.7. The van der Waals surface area contributed by atoms with Crippen LogP contribution in [0.1, 0.15) is 12.5 Å². The Labute approximate surface area is 111 Å². The van der Waals surface area contributed by atoms with E-state index in [9.17, 15) is 10.2 Å². The molecule has 0 aliphatic rings. The summed E-state index contributed by atoms with van der Waals surface area (Å²) in [6, 6.07) is 8.17. The van der Waals surface area contributed by atoms with Gasteiger partial charge in [-0.05, 0) is 31.2 Å². The Bertz CT molecular complexity index is 558. The van der Waals surface area contributed by atoms with E-state index in [-0.39, 0.29) is 11.5 Å². The van der Waals surface area contributed by atoms with Crippen molar-refractivity contribution >= 4 is 5.69 Å². The molecule has 19 heavy (non-hydrogen) atoms. The van der Waals surface area contributed by atoms with E-state index in [0.29, 0.717) is 24.6 Å². The third-order valence-corrected chi connectivity index (χ3v) is 2.59. The predicted molar refractivity (Wildman–Crippen MR) is 72.5 cm³/mol. The van der Waals surface area contributed by atoms with Crippen molar-refractivity contribution in [1.29, 1.82) is 0 Å². The number of phenols is 2. The Morgan fingerprint density at radius 1 is 1.26 bits per heavy atom. The number of anilines is 1. The number of rotatable bonds is 5. The Kier molecular flexibility index (Phi) is 4.07. The second kappa shape index (κ2) is 5.95. The maximum Gasteiger partial charge on any atom is 0.237 e. The molecule has 1 aromatic heterocycles. The Morgan fingerprint density at radius 2 is 2.11 bits per heavy atom. The van der Waals surface area contributed by atoms with Crippen molar-refractivity contribution in [2.75, 3.05) is 11.9 Å². The van der Waals surface area contributed by atoms with Crippen molar-refractivity contribution in [3.63, 3.8) is 0 Å². The van der Waals surface area contributed by atoms with Gasteiger partial charge in [-0.2, -0.15) is 0 Å². The normalized spacial score (nSPS) is 10.2. The molecule has 0 saturated heterocycles. The van der Waals surface area contributed by atoms with Crippen LogP contribution in [0.5, 0.6) is 17.4 Å². The van der Waals surface area contributed by atoms with Crippen LogP contribution in [-0.2, 0) is 6.54 Å². The molecule has 0 spiro atoms. The fourth-order valence-electron chi connectivity index (χ4n) is 1.67. The van der Waals surface area contributed by atoms with Gasteiger partial charge in [0.05, 0.1) is 12.3 Å². The lowest BCUT2D eigenvalue weighted by molar-refractivity contribution is 0.328. The summed E-state index contributed by atoms with van der Waals surface area (Å²) in [6.45, 7) is 2.85. The van der Waals surface area contributed by atoms with Crippen LogP contribution in [0.4, 0.5) is 5.69 Å². The molecule has 5 heteroatoms. The number of phenolic OH excluding ortho intramolecular Hbond substituents is 2. The molecule has 0 radical (unpaired) electrons. The average molecular weight is 260 g/mol. The third kappa shape index (κ3) is 3.28. The molecule has 0 amide bonds. The number of nitrogens with one attached hydrogen (secondary N) is 1. The summed E-state index contributed by atoms with van der Waals surface area (Å²) in [6.07, 6.45) is 1.66. The fraction of sp³-hybridized carbons (Fsp3) is 0.214. The number of ether oxygens (including phenoxy) is 1. The smallest absolute Gasteiger partial charge is 0.237 e. The lowest BCUT2D eigenvalue weighted by Gasteiger charge is -2.11. The molecule has 0 saturated carbocycles. The van der Waals surface area contributed by atoms with Crippen LogP contribution in [0.25, 0.3) is 0 Å². The van der Waals surface area contributed by atoms with Crippen LogP contribution in [0, 0.1) is 0 Å². The highest BCUT2D eigenvalue weighted by Crippen LogP contribution is 2.25. The minimum Gasteiger partial charge on any atom is -0.508 e. The predicted octanol–water partition coefficient (Wildman–Crippen LogP) is 2.50. The van der Waals surface area contributed by atoms with Gasteiger partial charge in [0, 0.05) is 24.4 Å². The molecular weight excluding hydrogens is 244 g/mol. The topological polar surface area (TPSA) is 74.6 Å². The molecule has 100 valence electrons. The molecule has 1 heterocycles. The van der Waals surface area contributed by atoms with Crippen molar-refractivity contribution in [2.24, 2.45) is 0 Å². The van der Waals surface area contributed by atoms with Crippen LogP contribution in [0.3, 0.4) is 0 Å². The minimum atomic E-state index is 0.0395. The molecule has 2 rings (SSSR count). The first-order valence-corrected chi connectivity index (χ1v) is 6.03. The van der Waals surface area contributed by atoms with Crippen molar-refractivity contribution < 1.29 is 14.9 Å². The average Bonchev–Trinajstić information content (AvgIpc) is 2.40. The number of hydrogen-bond donors (Lipinski definition) is 3. The van der Waals surface area contributed by atoms with Gasteiger partial charge in [-0.15, -0.1) is 0 Å². The summed E-state index contributed by atoms with van der Waals surface area (Å²) in [5, 5.41) is 22.1. The first kappa shape index (κ1) is 13.0. The highest BCUT2D eigenvalue weighted by atomic mass is 16.5. The summed E-state index contributed by atoms with van der Waals surface area (Å²) >= 11 is 0. The number of aromatic nitrogens is 1. The van der Waals surface area contributed by atoms with Crippen molar-refractivity contribution in [3.05, 3.63) is 42.1 Å². The Balaban J connectivity index is 2.10. The van der Waals surface area contributed by atoms with Gasteiger partial charge in [-0.3, -0.25) is 0 Å². The van der Waals surface area contributed by atoms with Crippen LogP contribution in [0.2, 0.25) is 0 Å². The molecule has 3 N–H and O–H groups in total. The Morgan fingerprint density at radius 3 is 2.84 bits per heavy atom. The maximum absolute atomic E-state index is 9.70. The highest BCUT2D eigenvalue weighted by molar-refractivity contribution is 5.53. The van der Waals surface area contributed by atoms with E-state index in [4.69, 9.17) is 4.74 Å². The zero-order valence-corrected chi connectivity index (χ0v) is 10.6. The van der Waals surface area contributed by atoms with E-state index >= 15 is 0 Å². The molecule has 0 unspecified atom stereocenters. The van der Waals surface area contributed by atoms with E-state index in [0.717, 1.165) is 5.69 Å². The molecule has 0 fully saturated rings. The van der Waals surface area contributed by atoms with Gasteiger partial charge in [-0.25, -0.2) is 4.98 Å². The molecule has 0 aliphatic carbocycles. The molecular formula is C14H16N2O3. The molecule has 5 nitrogen and oxygen atoms in total. The molecule has 0 atom stereocenters. The summed E-state index contributed by atoms with van der Waals surface area (Å²) in [7, 11) is 0. The second-order valence-corrected chi connectivity index (χ2v) is 3.96. The highest BCUT2D eigenvalue weighted by Gasteiger charge is 2.06. The standard InChI is InChI=1S/C14H16N2O3/c1-2-19-14-12(4-3-7-15-14)16-9-10-5-6-11(17)8-13(10)18/h3-8,16-18H,2,9H2,1H3. The molecule has 2 aromatic rings. The number of nitrogens with zero attached hydrogens (tertiary/aromatic N) is 1. The van der Waals surface area contributed by atoms with Crippen LogP contribution in [-0.4, -0.2) is 21.8 Å². The van der Waals surface area contributed by atoms with Gasteiger partial charge in [-0.1, -0.05) is 0 Å². The lowest BCUT2D eigenvalue weighted by Crippen LogP contribution is -2.04. The van der Waals surface area contributed by atoms with E-state index < -0.39 is 0 Å².